The molecule has 0 fully saturated rings. The van der Waals surface area contributed by atoms with E-state index in [1.165, 1.54) is 6.07 Å². The number of amides is 1. The van der Waals surface area contributed by atoms with Crippen LogP contribution in [0, 0.1) is 5.82 Å². The minimum Gasteiger partial charge on any atom is -0.383 e. The number of hydrogen-bond acceptors (Lipinski definition) is 4. The zero-order valence-electron chi connectivity index (χ0n) is 11.1. The van der Waals surface area contributed by atoms with E-state index in [1.807, 2.05) is 0 Å². The minimum absolute atomic E-state index is 0.0709. The van der Waals surface area contributed by atoms with Crippen LogP contribution >= 0.6 is 0 Å². The second-order valence-corrected chi connectivity index (χ2v) is 4.36. The fraction of sp³-hybridized carbons (Fsp3) is 0.286. The van der Waals surface area contributed by atoms with Crippen LogP contribution in [0.4, 0.5) is 15.8 Å². The molecule has 6 heteroatoms. The van der Waals surface area contributed by atoms with Crippen LogP contribution in [0.3, 0.4) is 0 Å². The summed E-state index contributed by atoms with van der Waals surface area (Å²) < 4.78 is 19.1. The average Bonchev–Trinajstić information content (AvgIpc) is 2.70. The second kappa shape index (κ2) is 5.83. The summed E-state index contributed by atoms with van der Waals surface area (Å²) in [5.74, 6) is -1.99. The van der Waals surface area contributed by atoms with Crippen LogP contribution < -0.4 is 10.2 Å². The quantitative estimate of drug-likeness (QED) is 0.634. The van der Waals surface area contributed by atoms with Crippen molar-refractivity contribution in [3.63, 3.8) is 0 Å². The maximum Gasteiger partial charge on any atom is 0.296 e. The second-order valence-electron chi connectivity index (χ2n) is 4.36. The molecule has 0 bridgehead atoms. The van der Waals surface area contributed by atoms with Crippen molar-refractivity contribution < 1.29 is 18.7 Å². The van der Waals surface area contributed by atoms with Gasteiger partial charge in [-0.2, -0.15) is 0 Å². The van der Waals surface area contributed by atoms with Crippen molar-refractivity contribution in [3.8, 4) is 0 Å². The van der Waals surface area contributed by atoms with Gasteiger partial charge in [-0.15, -0.1) is 6.58 Å². The molecule has 1 aromatic rings. The number of ether oxygens (including phenoxy) is 1. The van der Waals surface area contributed by atoms with Crippen molar-refractivity contribution >= 4 is 23.1 Å². The van der Waals surface area contributed by atoms with E-state index in [9.17, 15) is 14.0 Å². The molecule has 1 aliphatic heterocycles. The number of methoxy groups -OCH3 is 1. The lowest BCUT2D eigenvalue weighted by atomic mass is 10.1. The zero-order chi connectivity index (χ0) is 14.7. The molecule has 1 heterocycles. The molecule has 1 amide bonds. The first-order chi connectivity index (χ1) is 9.58. The van der Waals surface area contributed by atoms with Gasteiger partial charge in [-0.05, 0) is 12.1 Å². The van der Waals surface area contributed by atoms with Crippen LogP contribution in [-0.4, -0.2) is 38.5 Å². The molecular formula is C14H15FN2O3. The Balaban J connectivity index is 2.36. The first-order valence-corrected chi connectivity index (χ1v) is 6.12. The summed E-state index contributed by atoms with van der Waals surface area (Å²) in [5.41, 5.74) is 0.708. The van der Waals surface area contributed by atoms with Crippen molar-refractivity contribution in [1.29, 1.82) is 0 Å². The highest BCUT2D eigenvalue weighted by Gasteiger charge is 2.30. The van der Waals surface area contributed by atoms with Gasteiger partial charge in [0.25, 0.3) is 11.7 Å². The highest BCUT2D eigenvalue weighted by atomic mass is 19.1. The molecule has 1 aromatic carbocycles. The number of nitrogens with one attached hydrogen (secondary N) is 1. The smallest absolute Gasteiger partial charge is 0.296 e. The Bertz CT molecular complexity index is 572. The maximum absolute atomic E-state index is 14.1. The summed E-state index contributed by atoms with van der Waals surface area (Å²) in [7, 11) is 1.56. The lowest BCUT2D eigenvalue weighted by Crippen LogP contribution is -2.28. The lowest BCUT2D eigenvalue weighted by molar-refractivity contribution is -0.112. The SMILES string of the molecule is C=CCN(CCOC)c1cc2c(cc1F)C(=O)C(=O)N2. The fourth-order valence-electron chi connectivity index (χ4n) is 2.06. The number of benzene rings is 1. The number of Topliss-reactive ketones (excluding diaryl/α,β-unsaturated/α-hetero) is 1. The van der Waals surface area contributed by atoms with Gasteiger partial charge in [0, 0.05) is 20.2 Å². The standard InChI is InChI=1S/C14H15FN2O3/c1-3-4-17(5-6-20-2)12-8-11-9(7-10(12)15)13(18)14(19)16-11/h3,7-8H,1,4-6H2,2H3,(H,16,18,19). The van der Waals surface area contributed by atoms with Crippen molar-refractivity contribution in [3.05, 3.63) is 36.2 Å². The monoisotopic (exact) mass is 278 g/mol. The van der Waals surface area contributed by atoms with Crippen molar-refractivity contribution in [1.82, 2.24) is 0 Å². The van der Waals surface area contributed by atoms with Gasteiger partial charge in [-0.25, -0.2) is 4.39 Å². The van der Waals surface area contributed by atoms with E-state index in [1.54, 1.807) is 18.1 Å². The van der Waals surface area contributed by atoms with Gasteiger partial charge in [0.05, 0.1) is 23.5 Å². The molecule has 0 aliphatic carbocycles. The zero-order valence-corrected chi connectivity index (χ0v) is 11.1. The third-order valence-corrected chi connectivity index (χ3v) is 3.04. The Hall–Kier alpha value is -2.21. The highest BCUT2D eigenvalue weighted by Crippen LogP contribution is 2.31. The van der Waals surface area contributed by atoms with Gasteiger partial charge in [-0.3, -0.25) is 9.59 Å². The number of carbonyl (C=O) groups is 2. The molecule has 0 atom stereocenters. The van der Waals surface area contributed by atoms with Crippen LogP contribution in [0.1, 0.15) is 10.4 Å². The average molecular weight is 278 g/mol. The van der Waals surface area contributed by atoms with E-state index < -0.39 is 17.5 Å². The Kier molecular flexibility index (Phi) is 4.14. The summed E-state index contributed by atoms with van der Waals surface area (Å²) in [5, 5.41) is 2.43. The Labute approximate surface area is 116 Å². The third kappa shape index (κ3) is 2.55. The van der Waals surface area contributed by atoms with E-state index in [2.05, 4.69) is 11.9 Å². The largest absolute Gasteiger partial charge is 0.383 e. The van der Waals surface area contributed by atoms with Gasteiger partial charge in [0.15, 0.2) is 0 Å². The number of nitrogens with zero attached hydrogens (tertiary/aromatic N) is 1. The number of ketones is 1. The van der Waals surface area contributed by atoms with Gasteiger partial charge in [0.2, 0.25) is 0 Å². The molecule has 0 aromatic heterocycles. The Morgan fingerprint density at radius 2 is 2.20 bits per heavy atom. The molecule has 1 aliphatic rings. The molecule has 0 saturated carbocycles. The predicted octanol–water partition coefficient (Wildman–Crippen LogP) is 1.60. The Morgan fingerprint density at radius 1 is 1.45 bits per heavy atom. The summed E-state index contributed by atoms with van der Waals surface area (Å²) in [6, 6.07) is 2.56. The van der Waals surface area contributed by atoms with Crippen LogP contribution in [0.15, 0.2) is 24.8 Å². The molecule has 106 valence electrons. The lowest BCUT2D eigenvalue weighted by Gasteiger charge is -2.24. The normalized spacial score (nSPS) is 13.1. The van der Waals surface area contributed by atoms with Gasteiger partial charge >= 0.3 is 0 Å². The van der Waals surface area contributed by atoms with E-state index in [4.69, 9.17) is 4.74 Å². The maximum atomic E-state index is 14.1. The number of anilines is 2. The van der Waals surface area contributed by atoms with Crippen LogP contribution in [0.5, 0.6) is 0 Å². The fourth-order valence-corrected chi connectivity index (χ4v) is 2.06. The summed E-state index contributed by atoms with van der Waals surface area (Å²) in [6.07, 6.45) is 1.64. The van der Waals surface area contributed by atoms with Crippen molar-refractivity contribution in [2.24, 2.45) is 0 Å². The number of carbonyl (C=O) groups excluding carboxylic acids is 2. The van der Waals surface area contributed by atoms with E-state index in [-0.39, 0.29) is 5.56 Å². The number of fused-ring (bicyclic) bond motifs is 1. The number of hydrogen-bond donors (Lipinski definition) is 1. The summed E-state index contributed by atoms with van der Waals surface area (Å²) in [4.78, 5) is 24.5. The molecule has 1 N–H and O–H groups in total. The highest BCUT2D eigenvalue weighted by molar-refractivity contribution is 6.51. The topological polar surface area (TPSA) is 58.6 Å². The Morgan fingerprint density at radius 3 is 2.85 bits per heavy atom. The molecule has 0 spiro atoms. The van der Waals surface area contributed by atoms with Crippen LogP contribution in [0.2, 0.25) is 0 Å². The number of rotatable bonds is 6. The predicted molar refractivity (Wildman–Crippen MR) is 73.6 cm³/mol. The van der Waals surface area contributed by atoms with Crippen molar-refractivity contribution in [2.75, 3.05) is 37.0 Å². The molecular weight excluding hydrogens is 263 g/mol. The minimum atomic E-state index is -0.733. The van der Waals surface area contributed by atoms with Gasteiger partial charge in [-0.1, -0.05) is 6.08 Å². The van der Waals surface area contributed by atoms with Gasteiger partial charge < -0.3 is 15.0 Å². The molecule has 2 rings (SSSR count). The van der Waals surface area contributed by atoms with E-state index in [0.717, 1.165) is 6.07 Å². The molecule has 0 unspecified atom stereocenters. The summed E-state index contributed by atoms with van der Waals surface area (Å²) in [6.45, 7) is 4.96. The van der Waals surface area contributed by atoms with E-state index in [0.29, 0.717) is 31.1 Å². The number of halogens is 1. The van der Waals surface area contributed by atoms with Crippen LogP contribution in [-0.2, 0) is 9.53 Å². The van der Waals surface area contributed by atoms with Gasteiger partial charge in [0.1, 0.15) is 5.82 Å². The van der Waals surface area contributed by atoms with Crippen LogP contribution in [0.25, 0.3) is 0 Å². The van der Waals surface area contributed by atoms with Crippen molar-refractivity contribution in [2.45, 2.75) is 0 Å². The summed E-state index contributed by atoms with van der Waals surface area (Å²) >= 11 is 0. The first-order valence-electron chi connectivity index (χ1n) is 6.12. The molecule has 0 saturated heterocycles. The molecule has 5 nitrogen and oxygen atoms in total. The molecule has 0 radical (unpaired) electrons. The van der Waals surface area contributed by atoms with E-state index >= 15 is 0 Å². The third-order valence-electron chi connectivity index (χ3n) is 3.04. The molecule has 20 heavy (non-hydrogen) atoms. The first kappa shape index (κ1) is 14.2.